The fourth-order valence-corrected chi connectivity index (χ4v) is 7.27. The Morgan fingerprint density at radius 1 is 1.05 bits per heavy atom. The number of pyridine rings is 2. The van der Waals surface area contributed by atoms with Crippen LogP contribution in [-0.2, 0) is 55.6 Å². The first kappa shape index (κ1) is 39.3. The number of aliphatic hydroxyl groups is 1. The molecule has 0 aliphatic carbocycles. The van der Waals surface area contributed by atoms with Crippen LogP contribution in [0.15, 0.2) is 59.4 Å². The van der Waals surface area contributed by atoms with E-state index in [1.807, 2.05) is 52.0 Å². The molecule has 2 aromatic heterocycles. The van der Waals surface area contributed by atoms with Gasteiger partial charge in [0.25, 0.3) is 5.56 Å². The first-order valence-corrected chi connectivity index (χ1v) is 18.8. The van der Waals surface area contributed by atoms with Gasteiger partial charge in [0.1, 0.15) is 13.2 Å². The van der Waals surface area contributed by atoms with Gasteiger partial charge < -0.3 is 35.1 Å². The summed E-state index contributed by atoms with van der Waals surface area (Å²) in [4.78, 5) is 71.7. The number of ether oxygens (including phenoxy) is 2. The second-order valence-corrected chi connectivity index (χ2v) is 15.2. The molecule has 0 unspecified atom stereocenters. The van der Waals surface area contributed by atoms with Gasteiger partial charge in [-0.2, -0.15) is 0 Å². The smallest absolute Gasteiger partial charge is 0.410 e. The van der Waals surface area contributed by atoms with E-state index in [-0.39, 0.29) is 72.9 Å². The van der Waals surface area contributed by atoms with E-state index in [9.17, 15) is 29.1 Å². The molecule has 4 N–H and O–H groups in total. The molecular formula is C42H49N5O8. The number of rotatable bonds is 13. The van der Waals surface area contributed by atoms with Crippen molar-refractivity contribution in [2.45, 2.75) is 98.2 Å². The fourth-order valence-electron chi connectivity index (χ4n) is 7.27. The number of amides is 2. The molecule has 0 spiro atoms. The van der Waals surface area contributed by atoms with Gasteiger partial charge in [-0.1, -0.05) is 58.0 Å². The van der Waals surface area contributed by atoms with Crippen LogP contribution in [0.2, 0.25) is 0 Å². The number of aromatic nitrogens is 2. The number of carbonyl (C=O) groups is 4. The molecule has 290 valence electrons. The van der Waals surface area contributed by atoms with Crippen molar-refractivity contribution in [3.8, 4) is 11.4 Å². The Morgan fingerprint density at radius 2 is 1.76 bits per heavy atom. The third kappa shape index (κ3) is 7.63. The Labute approximate surface area is 319 Å². The Hall–Kier alpha value is -5.40. The number of ketones is 1. The zero-order valence-electron chi connectivity index (χ0n) is 32.2. The fraction of sp³-hybridized carbons (Fsp3) is 0.429. The van der Waals surface area contributed by atoms with E-state index in [0.29, 0.717) is 30.0 Å². The molecule has 2 aromatic carbocycles. The minimum absolute atomic E-state index is 0.00493. The van der Waals surface area contributed by atoms with Gasteiger partial charge in [-0.25, -0.2) is 14.6 Å². The lowest BCUT2D eigenvalue weighted by Gasteiger charge is -2.31. The third-order valence-electron chi connectivity index (χ3n) is 10.8. The molecule has 0 fully saturated rings. The number of Topliss-reactive ketones (excluding diaryl/α,β-unsaturated/α-hetero) is 1. The molecule has 0 bridgehead atoms. The minimum atomic E-state index is -1.93. The molecule has 4 heterocycles. The highest BCUT2D eigenvalue weighted by Gasteiger charge is 2.45. The number of para-hydroxylation sites is 1. The normalized spacial score (nSPS) is 16.9. The van der Waals surface area contributed by atoms with E-state index < -0.39 is 29.6 Å². The Bertz CT molecular complexity index is 2210. The molecule has 0 saturated carbocycles. The van der Waals surface area contributed by atoms with Crippen LogP contribution in [0.4, 0.5) is 10.5 Å². The van der Waals surface area contributed by atoms with Crippen molar-refractivity contribution in [3.63, 3.8) is 0 Å². The van der Waals surface area contributed by atoms with E-state index in [0.717, 1.165) is 27.6 Å². The number of esters is 1. The average Bonchev–Trinajstić information content (AvgIpc) is 3.53. The maximum Gasteiger partial charge on any atom is 0.410 e. The summed E-state index contributed by atoms with van der Waals surface area (Å²) in [5.74, 6) is -1.75. The number of cyclic esters (lactones) is 1. The van der Waals surface area contributed by atoms with Crippen LogP contribution in [0.5, 0.6) is 0 Å². The predicted molar refractivity (Wildman–Crippen MR) is 207 cm³/mol. The van der Waals surface area contributed by atoms with Crippen molar-refractivity contribution < 1.29 is 33.8 Å². The van der Waals surface area contributed by atoms with Crippen LogP contribution in [0, 0.1) is 11.8 Å². The number of nitrogens with two attached hydrogens (primary N) is 1. The predicted octanol–water partition coefficient (Wildman–Crippen LogP) is 5.19. The van der Waals surface area contributed by atoms with Crippen LogP contribution in [0.1, 0.15) is 82.2 Å². The quantitative estimate of drug-likeness (QED) is 0.136. The first-order valence-electron chi connectivity index (χ1n) is 18.8. The molecule has 0 radical (unpaired) electrons. The second-order valence-electron chi connectivity index (χ2n) is 15.2. The number of fused-ring (bicyclic) bond motifs is 5. The largest absolute Gasteiger partial charge is 0.458 e. The molecule has 2 amide bonds. The maximum atomic E-state index is 13.8. The summed E-state index contributed by atoms with van der Waals surface area (Å²) in [7, 11) is 0. The van der Waals surface area contributed by atoms with Crippen molar-refractivity contribution in [2.24, 2.45) is 17.6 Å². The Morgan fingerprint density at radius 3 is 2.44 bits per heavy atom. The van der Waals surface area contributed by atoms with Crippen LogP contribution in [0.25, 0.3) is 22.3 Å². The van der Waals surface area contributed by atoms with E-state index in [2.05, 4.69) is 5.32 Å². The van der Waals surface area contributed by atoms with Gasteiger partial charge in [0, 0.05) is 47.1 Å². The summed E-state index contributed by atoms with van der Waals surface area (Å²) in [6.07, 6.45) is 0.0674. The highest BCUT2D eigenvalue weighted by Crippen LogP contribution is 2.40. The monoisotopic (exact) mass is 751 g/mol. The number of carbonyl (C=O) groups excluding carboxylic acids is 4. The van der Waals surface area contributed by atoms with Gasteiger partial charge in [0.2, 0.25) is 5.91 Å². The summed E-state index contributed by atoms with van der Waals surface area (Å²) in [6, 6.07) is 15.6. The maximum absolute atomic E-state index is 13.8. The molecule has 13 nitrogen and oxygen atoms in total. The lowest BCUT2D eigenvalue weighted by Crippen LogP contribution is -2.44. The summed E-state index contributed by atoms with van der Waals surface area (Å²) in [5.41, 5.74) is 9.10. The number of hydrogen-bond donors (Lipinski definition) is 3. The first-order chi connectivity index (χ1) is 26.1. The van der Waals surface area contributed by atoms with E-state index in [1.165, 1.54) is 0 Å². The van der Waals surface area contributed by atoms with E-state index in [4.69, 9.17) is 20.2 Å². The van der Waals surface area contributed by atoms with Gasteiger partial charge in [0.15, 0.2) is 11.4 Å². The molecule has 2 aliphatic rings. The topological polar surface area (TPSA) is 183 Å². The van der Waals surface area contributed by atoms with Crippen LogP contribution in [0.3, 0.4) is 0 Å². The summed E-state index contributed by atoms with van der Waals surface area (Å²) >= 11 is 0. The Balaban J connectivity index is 1.16. The van der Waals surface area contributed by atoms with Crippen molar-refractivity contribution in [1.29, 1.82) is 0 Å². The van der Waals surface area contributed by atoms with Crippen LogP contribution < -0.4 is 16.6 Å². The Kier molecular flexibility index (Phi) is 11.3. The van der Waals surface area contributed by atoms with Gasteiger partial charge in [-0.3, -0.25) is 14.4 Å². The number of nitrogens with zero attached hydrogens (tertiary/aromatic N) is 3. The lowest BCUT2D eigenvalue weighted by molar-refractivity contribution is -0.172. The van der Waals surface area contributed by atoms with Crippen LogP contribution in [-0.4, -0.2) is 61.9 Å². The number of nitrogens with one attached hydrogen (secondary N) is 1. The number of hydrogen-bond acceptors (Lipinski definition) is 10. The van der Waals surface area contributed by atoms with E-state index in [1.54, 1.807) is 53.6 Å². The van der Waals surface area contributed by atoms with Crippen LogP contribution >= 0.6 is 0 Å². The highest BCUT2D eigenvalue weighted by molar-refractivity contribution is 5.96. The van der Waals surface area contributed by atoms with Gasteiger partial charge >= 0.3 is 12.1 Å². The molecule has 13 heteroatoms. The molecule has 6 rings (SSSR count). The molecular weight excluding hydrogens is 702 g/mol. The summed E-state index contributed by atoms with van der Waals surface area (Å²) in [6.45, 7) is 11.3. The zero-order valence-corrected chi connectivity index (χ0v) is 32.2. The second kappa shape index (κ2) is 15.8. The lowest BCUT2D eigenvalue weighted by atomic mass is 9.86. The molecule has 2 aliphatic heterocycles. The zero-order chi connectivity index (χ0) is 39.8. The summed E-state index contributed by atoms with van der Waals surface area (Å²) < 4.78 is 12.6. The molecule has 55 heavy (non-hydrogen) atoms. The molecule has 4 aromatic rings. The van der Waals surface area contributed by atoms with Crippen molar-refractivity contribution in [1.82, 2.24) is 14.5 Å². The van der Waals surface area contributed by atoms with Crippen molar-refractivity contribution in [3.05, 3.63) is 92.8 Å². The van der Waals surface area contributed by atoms with E-state index >= 15 is 0 Å². The van der Waals surface area contributed by atoms with Crippen molar-refractivity contribution in [2.75, 3.05) is 11.9 Å². The van der Waals surface area contributed by atoms with Crippen molar-refractivity contribution >= 4 is 40.3 Å². The van der Waals surface area contributed by atoms with Gasteiger partial charge in [-0.05, 0) is 68.0 Å². The molecule has 3 atom stereocenters. The number of benzene rings is 2. The van der Waals surface area contributed by atoms with Gasteiger partial charge in [0.05, 0.1) is 35.1 Å². The SMILES string of the molecule is CC[C@@]1(O)C(=O)OCc2c1cc1n(c2=O)Cc2c-1nc1ccccc1c2CCN(C(=O)OCc1ccc(NC(=O)[C@H](C)CC(=O)[C@@H](N)C(C)C)cc1)C(C)C. The standard InChI is InChI=1S/C42H49N5O8/c1-7-42(53)32-19-34-37-30(20-47(34)39(50)31(32)22-54-40(42)51)28(29-10-8-9-11-33(29)45-37)16-17-46(24(4)5)41(52)55-21-26-12-14-27(15-13-26)44-38(49)25(6)18-35(48)36(43)23(2)3/h8-15,19,23-25,36,53H,7,16-18,20-22,43H2,1-6H3,(H,44,49)/t25-,36+,42+/m1/s1. The molecule has 0 saturated heterocycles. The number of anilines is 1. The minimum Gasteiger partial charge on any atom is -0.458 e. The third-order valence-corrected chi connectivity index (χ3v) is 10.8. The van der Waals surface area contributed by atoms with Gasteiger partial charge in [-0.15, -0.1) is 0 Å². The average molecular weight is 752 g/mol. The summed E-state index contributed by atoms with van der Waals surface area (Å²) in [5, 5.41) is 15.0. The highest BCUT2D eigenvalue weighted by atomic mass is 16.6.